The van der Waals surface area contributed by atoms with E-state index in [0.717, 1.165) is 11.1 Å². The number of rotatable bonds is 7. The van der Waals surface area contributed by atoms with Gasteiger partial charge in [-0.3, -0.25) is 0 Å². The molecule has 5 heteroatoms. The van der Waals surface area contributed by atoms with Crippen LogP contribution in [-0.4, -0.2) is 14.7 Å². The van der Waals surface area contributed by atoms with Gasteiger partial charge >= 0.3 is 0 Å². The van der Waals surface area contributed by atoms with Crippen LogP contribution < -0.4 is 0 Å². The van der Waals surface area contributed by atoms with Gasteiger partial charge in [-0.05, 0) is 31.0 Å². The summed E-state index contributed by atoms with van der Waals surface area (Å²) in [5, 5.41) is 0. The quantitative estimate of drug-likeness (QED) is 0.577. The Bertz CT molecular complexity index is 678. The smallest absolute Gasteiger partial charge is 0.299 e. The maximum atomic E-state index is 12.2. The van der Waals surface area contributed by atoms with Crippen LogP contribution in [0.2, 0.25) is 0 Å². The van der Waals surface area contributed by atoms with E-state index in [2.05, 4.69) is 0 Å². The van der Waals surface area contributed by atoms with Crippen LogP contribution in [0.3, 0.4) is 0 Å². The van der Waals surface area contributed by atoms with Gasteiger partial charge in [-0.15, -0.1) is 0 Å². The summed E-state index contributed by atoms with van der Waals surface area (Å²) in [6.07, 6.45) is -0.357. The fourth-order valence-electron chi connectivity index (χ4n) is 1.88. The van der Waals surface area contributed by atoms with Crippen LogP contribution in [0.4, 0.5) is 0 Å². The minimum atomic E-state index is -3.82. The zero-order valence-corrected chi connectivity index (χ0v) is 13.5. The predicted molar refractivity (Wildman–Crippen MR) is 84.8 cm³/mol. The van der Waals surface area contributed by atoms with Crippen LogP contribution in [0.5, 0.6) is 0 Å². The molecule has 0 spiro atoms. The molecule has 0 bridgehead atoms. The molecule has 2 rings (SSSR count). The summed E-state index contributed by atoms with van der Waals surface area (Å²) in [5.74, 6) is 0. The van der Waals surface area contributed by atoms with E-state index in [1.807, 2.05) is 44.2 Å². The van der Waals surface area contributed by atoms with E-state index in [1.54, 1.807) is 12.1 Å². The second kappa shape index (κ2) is 7.54. The van der Waals surface area contributed by atoms with E-state index in [0.29, 0.717) is 13.0 Å². The normalized spacial score (nSPS) is 13.0. The molecule has 0 saturated heterocycles. The highest BCUT2D eigenvalue weighted by Crippen LogP contribution is 2.17. The molecule has 0 saturated carbocycles. The second-order valence-electron chi connectivity index (χ2n) is 5.00. The van der Waals surface area contributed by atoms with Crippen molar-refractivity contribution >= 4 is 10.1 Å². The Labute approximate surface area is 131 Å². The van der Waals surface area contributed by atoms with Crippen molar-refractivity contribution < 1.29 is 17.3 Å². The fraction of sp³-hybridized carbons (Fsp3) is 0.294. The average molecular weight is 320 g/mol. The van der Waals surface area contributed by atoms with Crippen molar-refractivity contribution in [3.63, 3.8) is 0 Å². The van der Waals surface area contributed by atoms with Crippen LogP contribution in [-0.2, 0) is 25.6 Å². The highest BCUT2D eigenvalue weighted by atomic mass is 32.2. The minimum absolute atomic E-state index is 0.139. The van der Waals surface area contributed by atoms with E-state index in [-0.39, 0.29) is 4.90 Å². The lowest BCUT2D eigenvalue weighted by Crippen LogP contribution is -2.21. The van der Waals surface area contributed by atoms with Crippen LogP contribution in [0.25, 0.3) is 0 Å². The summed E-state index contributed by atoms with van der Waals surface area (Å²) in [6.45, 7) is 4.03. The lowest BCUT2D eigenvalue weighted by atomic mass is 10.2. The van der Waals surface area contributed by atoms with E-state index >= 15 is 0 Å². The van der Waals surface area contributed by atoms with Crippen molar-refractivity contribution in [1.29, 1.82) is 0 Å². The summed E-state index contributed by atoms with van der Waals surface area (Å²) >= 11 is 0. The SMILES string of the molecule is CCC(OCc1ccccc1)OS(=O)(=O)c1ccc(C)cc1. The molecule has 2 aromatic carbocycles. The third-order valence-electron chi connectivity index (χ3n) is 3.16. The Morgan fingerprint density at radius 3 is 2.23 bits per heavy atom. The summed E-state index contributed by atoms with van der Waals surface area (Å²) in [6, 6.07) is 16.1. The van der Waals surface area contributed by atoms with Crippen molar-refractivity contribution in [2.24, 2.45) is 0 Å². The monoisotopic (exact) mass is 320 g/mol. The largest absolute Gasteiger partial charge is 0.347 e. The predicted octanol–water partition coefficient (Wildman–Crippen LogP) is 3.65. The first-order valence-electron chi connectivity index (χ1n) is 7.17. The second-order valence-corrected chi connectivity index (χ2v) is 6.57. The number of hydrogen-bond acceptors (Lipinski definition) is 4. The lowest BCUT2D eigenvalue weighted by Gasteiger charge is -2.16. The molecule has 0 N–H and O–H groups in total. The van der Waals surface area contributed by atoms with Gasteiger partial charge in [0.15, 0.2) is 6.29 Å². The summed E-state index contributed by atoms with van der Waals surface area (Å²) in [4.78, 5) is 0.139. The molecular formula is C17H20O4S. The highest BCUT2D eigenvalue weighted by molar-refractivity contribution is 7.86. The molecular weight excluding hydrogens is 300 g/mol. The molecule has 22 heavy (non-hydrogen) atoms. The van der Waals surface area contributed by atoms with Crippen LogP contribution in [0.1, 0.15) is 24.5 Å². The topological polar surface area (TPSA) is 52.6 Å². The number of benzene rings is 2. The molecule has 0 aliphatic carbocycles. The first-order valence-corrected chi connectivity index (χ1v) is 8.57. The van der Waals surface area contributed by atoms with Gasteiger partial charge < -0.3 is 4.74 Å². The zero-order chi connectivity index (χ0) is 16.0. The molecule has 4 nitrogen and oxygen atoms in total. The summed E-state index contributed by atoms with van der Waals surface area (Å²) in [5.41, 5.74) is 1.96. The third kappa shape index (κ3) is 4.66. The van der Waals surface area contributed by atoms with Crippen molar-refractivity contribution in [1.82, 2.24) is 0 Å². The Kier molecular flexibility index (Phi) is 5.71. The van der Waals surface area contributed by atoms with Gasteiger partial charge in [-0.2, -0.15) is 8.42 Å². The van der Waals surface area contributed by atoms with Crippen molar-refractivity contribution in [3.8, 4) is 0 Å². The summed E-state index contributed by atoms with van der Waals surface area (Å²) < 4.78 is 35.2. The molecule has 0 aromatic heterocycles. The number of hydrogen-bond donors (Lipinski definition) is 0. The van der Waals surface area contributed by atoms with Crippen LogP contribution in [0, 0.1) is 6.92 Å². The van der Waals surface area contributed by atoms with E-state index in [1.165, 1.54) is 12.1 Å². The standard InChI is InChI=1S/C17H20O4S/c1-3-17(20-13-15-7-5-4-6-8-15)21-22(18,19)16-11-9-14(2)10-12-16/h4-12,17H,3,13H2,1-2H3. The Morgan fingerprint density at radius 1 is 1.00 bits per heavy atom. The first-order chi connectivity index (χ1) is 10.5. The Morgan fingerprint density at radius 2 is 1.64 bits per heavy atom. The van der Waals surface area contributed by atoms with Gasteiger partial charge in [0.05, 0.1) is 11.5 Å². The number of aryl methyl sites for hydroxylation is 1. The van der Waals surface area contributed by atoms with Gasteiger partial charge in [0.25, 0.3) is 10.1 Å². The highest BCUT2D eigenvalue weighted by Gasteiger charge is 2.21. The van der Waals surface area contributed by atoms with Gasteiger partial charge in [0.1, 0.15) is 0 Å². The third-order valence-corrected chi connectivity index (χ3v) is 4.47. The summed E-state index contributed by atoms with van der Waals surface area (Å²) in [7, 11) is -3.82. The van der Waals surface area contributed by atoms with E-state index in [4.69, 9.17) is 8.92 Å². The van der Waals surface area contributed by atoms with Gasteiger partial charge in [0, 0.05) is 0 Å². The van der Waals surface area contributed by atoms with Crippen LogP contribution in [0.15, 0.2) is 59.5 Å². The molecule has 1 unspecified atom stereocenters. The molecule has 0 aliphatic heterocycles. The van der Waals surface area contributed by atoms with Crippen molar-refractivity contribution in [3.05, 3.63) is 65.7 Å². The number of ether oxygens (including phenoxy) is 1. The fourth-order valence-corrected chi connectivity index (χ4v) is 2.93. The molecule has 0 radical (unpaired) electrons. The maximum absolute atomic E-state index is 12.2. The van der Waals surface area contributed by atoms with Crippen molar-refractivity contribution in [2.75, 3.05) is 0 Å². The Hall–Kier alpha value is -1.69. The van der Waals surface area contributed by atoms with Crippen molar-refractivity contribution in [2.45, 2.75) is 38.1 Å². The Balaban J connectivity index is 2.01. The van der Waals surface area contributed by atoms with Gasteiger partial charge in [-0.25, -0.2) is 4.18 Å². The first kappa shape index (κ1) is 16.7. The minimum Gasteiger partial charge on any atom is -0.347 e. The lowest BCUT2D eigenvalue weighted by molar-refractivity contribution is -0.0869. The molecule has 0 heterocycles. The molecule has 1 atom stereocenters. The van der Waals surface area contributed by atoms with Gasteiger partial charge in [0.2, 0.25) is 0 Å². The van der Waals surface area contributed by atoms with E-state index in [9.17, 15) is 8.42 Å². The molecule has 118 valence electrons. The molecule has 0 aliphatic rings. The zero-order valence-electron chi connectivity index (χ0n) is 12.7. The molecule has 2 aromatic rings. The molecule has 0 amide bonds. The van der Waals surface area contributed by atoms with Gasteiger partial charge in [-0.1, -0.05) is 55.0 Å². The average Bonchev–Trinajstić information content (AvgIpc) is 2.52. The maximum Gasteiger partial charge on any atom is 0.299 e. The van der Waals surface area contributed by atoms with E-state index < -0.39 is 16.4 Å². The van der Waals surface area contributed by atoms with Crippen LogP contribution >= 0.6 is 0 Å². The molecule has 0 fully saturated rings.